The first kappa shape index (κ1) is 106. The molecule has 0 aromatic heterocycles. The summed E-state index contributed by atoms with van der Waals surface area (Å²) in [4.78, 5) is 67.5. The predicted molar refractivity (Wildman–Crippen MR) is 442 cm³/mol. The van der Waals surface area contributed by atoms with Crippen LogP contribution in [0.15, 0.2) is 36.0 Å². The molecule has 12 fully saturated rings. The van der Waals surface area contributed by atoms with E-state index in [0.717, 1.165) is 20.8 Å². The third-order valence-corrected chi connectivity index (χ3v) is 31.0. The lowest BCUT2D eigenvalue weighted by atomic mass is 9.32. The molecule has 46 atom stereocenters. The average Bonchev–Trinajstić information content (AvgIpc) is 0.662. The van der Waals surface area contributed by atoms with E-state index >= 15 is 4.79 Å². The number of aliphatic hydroxyl groups excluding tert-OH is 19. The van der Waals surface area contributed by atoms with E-state index in [1.54, 1.807) is 0 Å². The lowest BCUT2D eigenvalue weighted by molar-refractivity contribution is -0.380. The van der Waals surface area contributed by atoms with Crippen LogP contribution in [-0.2, 0) is 119 Å². The van der Waals surface area contributed by atoms with E-state index in [1.807, 2.05) is 40.7 Å². The molecule has 45 nitrogen and oxygen atoms in total. The quantitative estimate of drug-likeness (QED) is 0.0114. The standard InChI is InChI=1S/C89H138O45/c1-14-85(10,114)21-15-16-35(2)73(112)129-66-57(102)44(27-90)124-81(70(66)133-76-63(108)56(101)47(32-119-76)125-77-64(109)65(43(96)30-118-77)130-74-61(106)52(97)41(94)28-116-74)134-82(113)89-25-24-83(6,7)26-40(89)39-17-18-50-86(11)22-20-51(84(8,9)49(86)19-23-87(50,12)88(39,13)71(110)72(89)111)128-79-69(131-75-62(107)53(98)42(95)29-117-75)60(105)55(100)46(126-79)33-120-78-67(58(103)48(34-121-78)122-37(4)92)132-80-68(123-38(5)93)59(104)54(99)45(127-80)31-115-36(3)91/h14,16-17,40-72,74-81,90,94-111,114H,1,15,18-34H2,2-13H3/b35-16+. The van der Waals surface area contributed by atoms with Gasteiger partial charge in [0.05, 0.1) is 70.2 Å². The van der Waals surface area contributed by atoms with Gasteiger partial charge < -0.3 is 197 Å². The van der Waals surface area contributed by atoms with Crippen LogP contribution in [0.3, 0.4) is 0 Å². The monoisotopic (exact) mass is 1930 g/mol. The molecule has 46 unspecified atom stereocenters. The number of carbonyl (C=O) groups is 5. The highest BCUT2D eigenvalue weighted by atomic mass is 16.8. The zero-order valence-electron chi connectivity index (χ0n) is 77.0. The number of ether oxygens (including phenoxy) is 20. The number of carbonyl (C=O) groups excluding carboxylic acids is 5. The van der Waals surface area contributed by atoms with Gasteiger partial charge in [-0.2, -0.15) is 0 Å². The Labute approximate surface area is 773 Å². The van der Waals surface area contributed by atoms with Crippen LogP contribution >= 0.6 is 0 Å². The van der Waals surface area contributed by atoms with Gasteiger partial charge in [0, 0.05) is 31.8 Å². The smallest absolute Gasteiger partial charge is 0.333 e. The number of allylic oxidation sites excluding steroid dienone is 2. The molecule has 4 saturated carbocycles. The summed E-state index contributed by atoms with van der Waals surface area (Å²) >= 11 is 0. The first-order valence-corrected chi connectivity index (χ1v) is 45.9. The van der Waals surface area contributed by atoms with Crippen molar-refractivity contribution >= 4 is 29.8 Å². The van der Waals surface area contributed by atoms with Crippen LogP contribution in [-0.4, -0.2) is 424 Å². The Bertz CT molecular complexity index is 4100. The number of hydrogen-bond acceptors (Lipinski definition) is 45. The van der Waals surface area contributed by atoms with Crippen molar-refractivity contribution < 1.29 is 221 Å². The molecule has 0 bridgehead atoms. The van der Waals surface area contributed by atoms with Gasteiger partial charge in [-0.1, -0.05) is 72.3 Å². The lowest BCUT2D eigenvalue weighted by Gasteiger charge is -2.72. The zero-order chi connectivity index (χ0) is 98.2. The van der Waals surface area contributed by atoms with Crippen molar-refractivity contribution in [2.45, 2.75) is 386 Å². The molecule has 0 aromatic rings. The van der Waals surface area contributed by atoms with Gasteiger partial charge in [-0.05, 0) is 117 Å². The van der Waals surface area contributed by atoms with E-state index < -0.39 is 360 Å². The van der Waals surface area contributed by atoms with Crippen molar-refractivity contribution in [3.8, 4) is 0 Å². The summed E-state index contributed by atoms with van der Waals surface area (Å²) in [7, 11) is 0. The SMILES string of the molecule is C=CC(C)(O)CC/C=C(\C)C(=O)OC1C(O)C(CO)OC(OC(=O)C23CCC(C)(C)CC2C2=CCC4C5(C)CCC(OC6OC(COC7OCC(OC(C)=O)C(O)C7OC7OC(COC(C)=O)C(O)C(O)C7OC(C)=O)C(O)C(O)C6OC6OCC(O)C(O)C6O)C(C)(C)C5CCC4(C)C2(C)C(O)C3O)C1OC1OCC(OC2OCC(O)C(OC3OCC(O)C(O)C3O)C2O)C(O)C1O. The molecular formula is C89H138O45. The van der Waals surface area contributed by atoms with Gasteiger partial charge in [0.2, 0.25) is 6.29 Å². The molecule has 20 N–H and O–H groups in total. The Kier molecular flexibility index (Phi) is 33.4. The summed E-state index contributed by atoms with van der Waals surface area (Å²) in [6.45, 7) is 18.4. The normalized spacial score (nSPS) is 48.4. The van der Waals surface area contributed by atoms with E-state index in [1.165, 1.54) is 26.0 Å². The van der Waals surface area contributed by atoms with Crippen LogP contribution in [0.25, 0.3) is 0 Å². The second-order valence-electron chi connectivity index (χ2n) is 40.6. The van der Waals surface area contributed by atoms with E-state index in [2.05, 4.69) is 20.4 Å². The molecule has 5 aliphatic carbocycles. The van der Waals surface area contributed by atoms with Crippen molar-refractivity contribution in [3.05, 3.63) is 36.0 Å². The fourth-order valence-corrected chi connectivity index (χ4v) is 22.9. The minimum atomic E-state index is -2.19. The third kappa shape index (κ3) is 20.8. The third-order valence-electron chi connectivity index (χ3n) is 31.0. The van der Waals surface area contributed by atoms with Crippen LogP contribution < -0.4 is 0 Å². The molecule has 8 heterocycles. The van der Waals surface area contributed by atoms with Gasteiger partial charge in [-0.15, -0.1) is 6.58 Å². The minimum absolute atomic E-state index is 0.0621. The molecule has 8 saturated heterocycles. The van der Waals surface area contributed by atoms with Crippen molar-refractivity contribution in [1.29, 1.82) is 0 Å². The van der Waals surface area contributed by atoms with Gasteiger partial charge >= 0.3 is 29.8 Å². The van der Waals surface area contributed by atoms with Gasteiger partial charge in [0.1, 0.15) is 152 Å². The van der Waals surface area contributed by atoms with Crippen LogP contribution in [0, 0.1) is 50.2 Å². The molecule has 764 valence electrons. The van der Waals surface area contributed by atoms with Gasteiger partial charge in [-0.25, -0.2) is 4.79 Å². The molecule has 0 spiro atoms. The Morgan fingerprint density at radius 3 is 1.60 bits per heavy atom. The molecule has 134 heavy (non-hydrogen) atoms. The molecule has 8 aliphatic heterocycles. The van der Waals surface area contributed by atoms with Crippen molar-refractivity contribution in [2.75, 3.05) is 52.9 Å². The summed E-state index contributed by atoms with van der Waals surface area (Å²) in [6, 6.07) is 0. The van der Waals surface area contributed by atoms with E-state index in [-0.39, 0.29) is 55.9 Å². The van der Waals surface area contributed by atoms with Gasteiger partial charge in [-0.3, -0.25) is 19.2 Å². The van der Waals surface area contributed by atoms with Crippen LogP contribution in [0.2, 0.25) is 0 Å². The predicted octanol–water partition coefficient (Wildman–Crippen LogP) is -5.67. The zero-order valence-corrected chi connectivity index (χ0v) is 77.0. The number of aliphatic hydroxyl groups is 20. The highest BCUT2D eigenvalue weighted by Crippen LogP contribution is 2.76. The van der Waals surface area contributed by atoms with E-state index in [9.17, 15) is 121 Å². The summed E-state index contributed by atoms with van der Waals surface area (Å²) < 4.78 is 119. The van der Waals surface area contributed by atoms with Crippen molar-refractivity contribution in [1.82, 2.24) is 0 Å². The van der Waals surface area contributed by atoms with Crippen LogP contribution in [0.5, 0.6) is 0 Å². The summed E-state index contributed by atoms with van der Waals surface area (Å²) in [5.74, 6) is -6.40. The highest BCUT2D eigenvalue weighted by Gasteiger charge is 2.76. The first-order valence-electron chi connectivity index (χ1n) is 45.9. The topological polar surface area (TPSA) is 675 Å². The second kappa shape index (κ2) is 42.0. The Morgan fingerprint density at radius 1 is 0.470 bits per heavy atom. The fraction of sp³-hybridized carbons (Fsp3) is 0.876. The lowest BCUT2D eigenvalue weighted by Crippen LogP contribution is -2.73. The Balaban J connectivity index is 0.760. The summed E-state index contributed by atoms with van der Waals surface area (Å²) in [6.07, 6.45) is -61.3. The maximum atomic E-state index is 16.4. The minimum Gasteiger partial charge on any atom is -0.463 e. The fourth-order valence-electron chi connectivity index (χ4n) is 22.9. The first-order chi connectivity index (χ1) is 62.8. The van der Waals surface area contributed by atoms with Gasteiger partial charge in [0.25, 0.3) is 0 Å². The van der Waals surface area contributed by atoms with Crippen molar-refractivity contribution in [2.24, 2.45) is 50.2 Å². The second-order valence-corrected chi connectivity index (χ2v) is 40.6. The van der Waals surface area contributed by atoms with E-state index in [4.69, 9.17) is 94.7 Å². The number of esters is 5. The molecule has 0 radical (unpaired) electrons. The van der Waals surface area contributed by atoms with Crippen LogP contribution in [0.1, 0.15) is 147 Å². The molecular weight excluding hydrogens is 1790 g/mol. The average molecular weight is 1930 g/mol. The molecule has 0 amide bonds. The van der Waals surface area contributed by atoms with E-state index in [0.29, 0.717) is 31.3 Å². The van der Waals surface area contributed by atoms with Crippen molar-refractivity contribution in [3.63, 3.8) is 0 Å². The maximum Gasteiger partial charge on any atom is 0.333 e. The molecule has 0 aromatic carbocycles. The van der Waals surface area contributed by atoms with Gasteiger partial charge in [0.15, 0.2) is 68.4 Å². The summed E-state index contributed by atoms with van der Waals surface area (Å²) in [5, 5.41) is 230. The highest BCUT2D eigenvalue weighted by molar-refractivity contribution is 5.88. The number of hydrogen-bond donors (Lipinski definition) is 20. The maximum absolute atomic E-state index is 16.4. The summed E-state index contributed by atoms with van der Waals surface area (Å²) in [5.41, 5.74) is -7.18. The Morgan fingerprint density at radius 2 is 1.00 bits per heavy atom. The largest absolute Gasteiger partial charge is 0.463 e. The molecule has 13 rings (SSSR count). The molecule has 45 heteroatoms. The number of fused-ring (bicyclic) bond motifs is 7. The van der Waals surface area contributed by atoms with Crippen LogP contribution in [0.4, 0.5) is 0 Å². The Hall–Kier alpha value is -4.83. The number of rotatable bonds is 28. The molecule has 13 aliphatic rings.